The predicted octanol–water partition coefficient (Wildman–Crippen LogP) is 2.28. The Morgan fingerprint density at radius 3 is 2.45 bits per heavy atom. The SMILES string of the molecule is CCCC1NCC2CCc3cccc(c3O2)CCCNC(=O)[C@@H](Cc2ccc(F)cc2)NC(=O)[C@H](C(C)O)N(C)C1=O. The van der Waals surface area contributed by atoms with E-state index in [0.717, 1.165) is 36.1 Å². The predicted molar refractivity (Wildman–Crippen MR) is 157 cm³/mol. The Bertz CT molecular complexity index is 1240. The van der Waals surface area contributed by atoms with Gasteiger partial charge in [0.25, 0.3) is 0 Å². The van der Waals surface area contributed by atoms with Gasteiger partial charge < -0.3 is 30.7 Å². The molecule has 0 spiro atoms. The first-order valence-corrected chi connectivity index (χ1v) is 15.0. The van der Waals surface area contributed by atoms with E-state index in [1.165, 1.54) is 31.0 Å². The van der Waals surface area contributed by atoms with Crippen LogP contribution < -0.4 is 20.7 Å². The number of rotatable bonds is 5. The van der Waals surface area contributed by atoms with E-state index in [1.807, 2.05) is 19.1 Å². The van der Waals surface area contributed by atoms with Gasteiger partial charge >= 0.3 is 0 Å². The summed E-state index contributed by atoms with van der Waals surface area (Å²) in [5.41, 5.74) is 2.89. The van der Waals surface area contributed by atoms with Crippen LogP contribution in [-0.2, 0) is 33.6 Å². The number of amides is 3. The van der Waals surface area contributed by atoms with Crippen LogP contribution in [0.25, 0.3) is 0 Å². The van der Waals surface area contributed by atoms with Crippen molar-refractivity contribution in [3.63, 3.8) is 0 Å². The topological polar surface area (TPSA) is 120 Å². The highest BCUT2D eigenvalue weighted by atomic mass is 19.1. The number of aliphatic hydroxyl groups is 1. The van der Waals surface area contributed by atoms with Gasteiger partial charge in [0.15, 0.2) is 0 Å². The van der Waals surface area contributed by atoms with Gasteiger partial charge in [-0.05, 0) is 67.9 Å². The van der Waals surface area contributed by atoms with E-state index in [9.17, 15) is 23.9 Å². The lowest BCUT2D eigenvalue weighted by Gasteiger charge is -2.34. The summed E-state index contributed by atoms with van der Waals surface area (Å²) in [4.78, 5) is 41.9. The average molecular weight is 583 g/mol. The van der Waals surface area contributed by atoms with Crippen LogP contribution in [0.4, 0.5) is 4.39 Å². The summed E-state index contributed by atoms with van der Waals surface area (Å²) in [6.07, 6.45) is 3.13. The Hall–Kier alpha value is -3.50. The van der Waals surface area contributed by atoms with E-state index in [0.29, 0.717) is 37.9 Å². The van der Waals surface area contributed by atoms with Crippen LogP contribution in [0.3, 0.4) is 0 Å². The second-order valence-electron chi connectivity index (χ2n) is 11.4. The van der Waals surface area contributed by atoms with Crippen molar-refractivity contribution in [2.45, 2.75) is 89.1 Å². The number of halogens is 1. The van der Waals surface area contributed by atoms with Gasteiger partial charge in [-0.15, -0.1) is 0 Å². The highest BCUT2D eigenvalue weighted by Crippen LogP contribution is 2.32. The molecule has 0 fully saturated rings. The number of aliphatic hydroxyl groups excluding tert-OH is 1. The molecule has 0 saturated heterocycles. The first kappa shape index (κ1) is 31.4. The Morgan fingerprint density at radius 1 is 1.05 bits per heavy atom. The van der Waals surface area contributed by atoms with Crippen LogP contribution in [0.5, 0.6) is 5.75 Å². The molecule has 5 atom stereocenters. The average Bonchev–Trinajstić information content (AvgIpc) is 2.97. The van der Waals surface area contributed by atoms with Crippen molar-refractivity contribution in [3.8, 4) is 5.75 Å². The van der Waals surface area contributed by atoms with Gasteiger partial charge in [0.2, 0.25) is 17.7 Å². The zero-order valence-electron chi connectivity index (χ0n) is 24.7. The molecule has 0 aliphatic carbocycles. The summed E-state index contributed by atoms with van der Waals surface area (Å²) < 4.78 is 20.0. The zero-order valence-corrected chi connectivity index (χ0v) is 24.7. The van der Waals surface area contributed by atoms with Gasteiger partial charge in [0, 0.05) is 26.6 Å². The monoisotopic (exact) mass is 582 g/mol. The zero-order chi connectivity index (χ0) is 30.2. The maximum Gasteiger partial charge on any atom is 0.246 e. The van der Waals surface area contributed by atoms with Crippen molar-refractivity contribution in [2.24, 2.45) is 0 Å². The number of fused-ring (bicyclic) bond motifs is 1. The Labute approximate surface area is 247 Å². The Morgan fingerprint density at radius 2 is 1.76 bits per heavy atom. The molecule has 4 N–H and O–H groups in total. The number of para-hydroxylation sites is 1. The number of benzene rings is 2. The second kappa shape index (κ2) is 14.6. The molecule has 2 aliphatic rings. The molecule has 9 nitrogen and oxygen atoms in total. The van der Waals surface area contributed by atoms with Crippen LogP contribution in [0.1, 0.15) is 56.2 Å². The van der Waals surface area contributed by atoms with Gasteiger partial charge in [-0.3, -0.25) is 14.4 Å². The summed E-state index contributed by atoms with van der Waals surface area (Å²) >= 11 is 0. The number of hydrogen-bond acceptors (Lipinski definition) is 6. The molecule has 42 heavy (non-hydrogen) atoms. The second-order valence-corrected chi connectivity index (χ2v) is 11.4. The normalized spacial score (nSPS) is 25.0. The van der Waals surface area contributed by atoms with Gasteiger partial charge in [-0.2, -0.15) is 0 Å². The first-order valence-electron chi connectivity index (χ1n) is 15.0. The first-order chi connectivity index (χ1) is 20.2. The highest BCUT2D eigenvalue weighted by molar-refractivity contribution is 5.93. The molecule has 0 aromatic heterocycles. The van der Waals surface area contributed by atoms with Gasteiger partial charge in [-0.1, -0.05) is 43.7 Å². The Balaban J connectivity index is 1.63. The van der Waals surface area contributed by atoms with E-state index in [4.69, 9.17) is 4.74 Å². The molecule has 2 aliphatic heterocycles. The molecular weight excluding hydrogens is 539 g/mol. The molecule has 228 valence electrons. The number of nitrogens with one attached hydrogen (secondary N) is 3. The Kier molecular flexibility index (Phi) is 10.9. The van der Waals surface area contributed by atoms with Gasteiger partial charge in [0.1, 0.15) is 29.8 Å². The summed E-state index contributed by atoms with van der Waals surface area (Å²) in [5.74, 6) is -0.884. The van der Waals surface area contributed by atoms with Gasteiger partial charge in [-0.25, -0.2) is 4.39 Å². The summed E-state index contributed by atoms with van der Waals surface area (Å²) in [5, 5.41) is 19.7. The van der Waals surface area contributed by atoms with Crippen LogP contribution in [0, 0.1) is 5.82 Å². The van der Waals surface area contributed by atoms with E-state index in [-0.39, 0.29) is 18.4 Å². The number of carbonyl (C=O) groups is 3. The lowest BCUT2D eigenvalue weighted by Crippen LogP contribution is -2.60. The van der Waals surface area contributed by atoms with Crippen LogP contribution >= 0.6 is 0 Å². The minimum Gasteiger partial charge on any atom is -0.489 e. The minimum absolute atomic E-state index is 0.113. The standard InChI is InChI=1S/C32H43FN4O5/c1-4-7-26-32(41)37(3)28(20(2)38)31(40)36-27(18-21-11-14-24(33)15-12-21)30(39)34-17-6-10-22-8-5-9-23-13-16-25(19-35-26)42-29(22)23/h5,8-9,11-12,14-15,20,25-28,35,38H,4,6-7,10,13,16-19H2,1-3H3,(H,34,39)(H,36,40)/t20?,25?,26?,27-,28+/m1/s1. The fraction of sp³-hybridized carbons (Fsp3) is 0.531. The van der Waals surface area contributed by atoms with Crippen molar-refractivity contribution in [1.82, 2.24) is 20.9 Å². The van der Waals surface area contributed by atoms with Crippen LogP contribution in [-0.4, -0.2) is 78.2 Å². The molecule has 2 aromatic carbocycles. The molecule has 2 bridgehead atoms. The fourth-order valence-electron chi connectivity index (χ4n) is 5.78. The quantitative estimate of drug-likeness (QED) is 0.430. The molecule has 2 heterocycles. The molecular formula is C32H43FN4O5. The van der Waals surface area contributed by atoms with E-state index < -0.39 is 41.9 Å². The number of likely N-dealkylation sites (N-methyl/N-ethyl adjacent to an activating group) is 1. The molecule has 3 amide bonds. The summed E-state index contributed by atoms with van der Waals surface area (Å²) in [6, 6.07) is 9.08. The van der Waals surface area contributed by atoms with E-state index >= 15 is 0 Å². The number of hydrogen-bond donors (Lipinski definition) is 4. The molecule has 4 rings (SSSR count). The lowest BCUT2D eigenvalue weighted by atomic mass is 9.96. The molecule has 0 saturated carbocycles. The van der Waals surface area contributed by atoms with Crippen LogP contribution in [0.15, 0.2) is 42.5 Å². The summed E-state index contributed by atoms with van der Waals surface area (Å²) in [7, 11) is 1.50. The number of aryl methyl sites for hydroxylation is 2. The molecule has 0 radical (unpaired) electrons. The number of ether oxygens (including phenoxy) is 1. The van der Waals surface area contributed by atoms with Gasteiger partial charge in [0.05, 0.1) is 12.1 Å². The minimum atomic E-state index is -1.22. The third-order valence-electron chi connectivity index (χ3n) is 8.06. The van der Waals surface area contributed by atoms with E-state index in [1.54, 1.807) is 12.1 Å². The van der Waals surface area contributed by atoms with Crippen molar-refractivity contribution in [3.05, 3.63) is 65.0 Å². The number of nitrogens with zero attached hydrogens (tertiary/aromatic N) is 1. The van der Waals surface area contributed by atoms with Crippen LogP contribution in [0.2, 0.25) is 0 Å². The fourth-order valence-corrected chi connectivity index (χ4v) is 5.78. The smallest absolute Gasteiger partial charge is 0.246 e. The third-order valence-corrected chi connectivity index (χ3v) is 8.06. The highest BCUT2D eigenvalue weighted by Gasteiger charge is 2.36. The largest absolute Gasteiger partial charge is 0.489 e. The molecule has 3 unspecified atom stereocenters. The molecule has 10 heteroatoms. The van der Waals surface area contributed by atoms with Crippen molar-refractivity contribution in [1.29, 1.82) is 0 Å². The summed E-state index contributed by atoms with van der Waals surface area (Å²) in [6.45, 7) is 4.28. The van der Waals surface area contributed by atoms with Crippen molar-refractivity contribution in [2.75, 3.05) is 20.1 Å². The van der Waals surface area contributed by atoms with Crippen molar-refractivity contribution >= 4 is 17.7 Å². The lowest BCUT2D eigenvalue weighted by molar-refractivity contribution is -0.145. The third kappa shape index (κ3) is 7.86. The van der Waals surface area contributed by atoms with Crippen molar-refractivity contribution < 1.29 is 28.6 Å². The maximum absolute atomic E-state index is 13.7. The van der Waals surface area contributed by atoms with E-state index in [2.05, 4.69) is 22.0 Å². The molecule has 2 aromatic rings. The number of carbonyl (C=O) groups excluding carboxylic acids is 3. The maximum atomic E-state index is 13.7.